The zero-order valence-corrected chi connectivity index (χ0v) is 17.6. The molecule has 0 saturated carbocycles. The zero-order valence-electron chi connectivity index (χ0n) is 17.6. The standard InChI is InChI=1S/C24H26N2O6/c27-13-11-25(12-14-28)8-3-4-9-26-10-7-17-20(26)24(32)19-18(23(17)31)21(29)15-5-1-2-6-16(15)22(19)30/h1-2,5-7,10,27-30H,3-4,8-9,11-14H2. The summed E-state index contributed by atoms with van der Waals surface area (Å²) in [4.78, 5) is 28.5. The Kier molecular flexibility index (Phi) is 6.27. The number of rotatable bonds is 9. The number of carbonyl (C=O) groups excluding carboxylic acids is 2. The Morgan fingerprint density at radius 3 is 1.97 bits per heavy atom. The van der Waals surface area contributed by atoms with Crippen LogP contribution in [0.15, 0.2) is 36.5 Å². The maximum Gasteiger partial charge on any atom is 0.214 e. The van der Waals surface area contributed by atoms with Crippen LogP contribution >= 0.6 is 0 Å². The van der Waals surface area contributed by atoms with Gasteiger partial charge in [-0.15, -0.1) is 0 Å². The van der Waals surface area contributed by atoms with E-state index in [0.29, 0.717) is 37.0 Å². The maximum absolute atomic E-state index is 13.4. The summed E-state index contributed by atoms with van der Waals surface area (Å²) in [5.74, 6) is -1.56. The molecule has 0 unspecified atom stereocenters. The van der Waals surface area contributed by atoms with Gasteiger partial charge < -0.3 is 25.0 Å². The summed E-state index contributed by atoms with van der Waals surface area (Å²) in [6.07, 6.45) is 3.18. The van der Waals surface area contributed by atoms with Crippen LogP contribution < -0.4 is 0 Å². The topological polar surface area (TPSA) is 123 Å². The highest BCUT2D eigenvalue weighted by Gasteiger charge is 2.38. The van der Waals surface area contributed by atoms with Crippen molar-refractivity contribution >= 4 is 22.3 Å². The molecule has 4 N–H and O–H groups in total. The molecule has 0 fully saturated rings. The average molecular weight is 438 g/mol. The van der Waals surface area contributed by atoms with Crippen LogP contribution in [-0.4, -0.2) is 74.3 Å². The molecule has 8 nitrogen and oxygen atoms in total. The van der Waals surface area contributed by atoms with Crippen molar-refractivity contribution < 1.29 is 30.0 Å². The summed E-state index contributed by atoms with van der Waals surface area (Å²) < 4.78 is 1.71. The van der Waals surface area contributed by atoms with Crippen LogP contribution in [0.4, 0.5) is 0 Å². The Labute approximate surface area is 184 Å². The average Bonchev–Trinajstić information content (AvgIpc) is 3.22. The molecule has 0 aliphatic heterocycles. The van der Waals surface area contributed by atoms with Gasteiger partial charge in [-0.05, 0) is 25.5 Å². The van der Waals surface area contributed by atoms with Crippen molar-refractivity contribution in [1.82, 2.24) is 9.47 Å². The Hall–Kier alpha value is -3.20. The number of carbonyl (C=O) groups is 2. The van der Waals surface area contributed by atoms with Crippen LogP contribution in [0.5, 0.6) is 11.5 Å². The highest BCUT2D eigenvalue weighted by atomic mass is 16.3. The molecule has 32 heavy (non-hydrogen) atoms. The number of phenolic OH excluding ortho intramolecular Hbond substituents is 2. The van der Waals surface area contributed by atoms with E-state index in [-0.39, 0.29) is 47.1 Å². The number of benzene rings is 2. The van der Waals surface area contributed by atoms with Crippen LogP contribution in [0, 0.1) is 0 Å². The van der Waals surface area contributed by atoms with Gasteiger partial charge in [0.1, 0.15) is 17.2 Å². The van der Waals surface area contributed by atoms with Crippen LogP contribution in [0.2, 0.25) is 0 Å². The molecule has 0 spiro atoms. The van der Waals surface area contributed by atoms with Gasteiger partial charge in [-0.3, -0.25) is 14.5 Å². The van der Waals surface area contributed by atoms with Gasteiger partial charge in [-0.1, -0.05) is 24.3 Å². The summed E-state index contributed by atoms with van der Waals surface area (Å²) in [5.41, 5.74) is 0.125. The predicted molar refractivity (Wildman–Crippen MR) is 118 cm³/mol. The largest absolute Gasteiger partial charge is 0.506 e. The first-order valence-electron chi connectivity index (χ1n) is 10.7. The number of ketones is 2. The number of aryl methyl sites for hydroxylation is 1. The molecule has 3 aromatic rings. The number of fused-ring (bicyclic) bond motifs is 3. The van der Waals surface area contributed by atoms with Crippen LogP contribution in [0.3, 0.4) is 0 Å². The number of hydrogen-bond acceptors (Lipinski definition) is 7. The number of phenols is 2. The normalized spacial score (nSPS) is 13.1. The molecule has 1 aliphatic carbocycles. The third-order valence-electron chi connectivity index (χ3n) is 5.99. The number of aromatic hydroxyl groups is 2. The van der Waals surface area contributed by atoms with Crippen LogP contribution in [0.25, 0.3) is 10.8 Å². The SMILES string of the molecule is O=C1c2ccn(CCCCN(CCO)CCO)c2C(=O)c2c1c(O)c1ccccc1c2O. The quantitative estimate of drug-likeness (QED) is 0.232. The highest BCUT2D eigenvalue weighted by Crippen LogP contribution is 2.44. The lowest BCUT2D eigenvalue weighted by molar-refractivity contribution is 0.0968. The van der Waals surface area contributed by atoms with Crippen LogP contribution in [0.1, 0.15) is 44.8 Å². The Bertz CT molecular complexity index is 1180. The third kappa shape index (κ3) is 3.66. The van der Waals surface area contributed by atoms with Gasteiger partial charge in [0.25, 0.3) is 0 Å². The molecule has 0 amide bonds. The van der Waals surface area contributed by atoms with Crippen molar-refractivity contribution in [2.45, 2.75) is 19.4 Å². The molecular formula is C24H26N2O6. The Morgan fingerprint density at radius 1 is 0.781 bits per heavy atom. The number of aromatic nitrogens is 1. The van der Waals surface area contributed by atoms with E-state index in [0.717, 1.165) is 12.8 Å². The third-order valence-corrected chi connectivity index (χ3v) is 5.99. The molecule has 8 heteroatoms. The van der Waals surface area contributed by atoms with E-state index < -0.39 is 11.6 Å². The number of unbranched alkanes of at least 4 members (excludes halogenated alkanes) is 1. The Balaban J connectivity index is 1.60. The van der Waals surface area contributed by atoms with Gasteiger partial charge in [0, 0.05) is 36.6 Å². The summed E-state index contributed by atoms with van der Waals surface area (Å²) in [5, 5.41) is 40.4. The van der Waals surface area contributed by atoms with Crippen molar-refractivity contribution in [2.24, 2.45) is 0 Å². The molecule has 1 heterocycles. The highest BCUT2D eigenvalue weighted by molar-refractivity contribution is 6.32. The second kappa shape index (κ2) is 9.12. The minimum atomic E-state index is -0.486. The van der Waals surface area contributed by atoms with E-state index in [1.807, 2.05) is 4.90 Å². The summed E-state index contributed by atoms with van der Waals surface area (Å²) >= 11 is 0. The summed E-state index contributed by atoms with van der Waals surface area (Å²) in [7, 11) is 0. The first kappa shape index (κ1) is 22.0. The fraction of sp³-hybridized carbons (Fsp3) is 0.333. The number of aliphatic hydroxyl groups excluding tert-OH is 2. The molecule has 0 bridgehead atoms. The molecule has 168 valence electrons. The van der Waals surface area contributed by atoms with E-state index in [2.05, 4.69) is 0 Å². The molecule has 0 atom stereocenters. The smallest absolute Gasteiger partial charge is 0.214 e. The first-order valence-corrected chi connectivity index (χ1v) is 10.7. The first-order chi connectivity index (χ1) is 15.5. The fourth-order valence-corrected chi connectivity index (χ4v) is 4.43. The lowest BCUT2D eigenvalue weighted by Gasteiger charge is -2.21. The van der Waals surface area contributed by atoms with E-state index >= 15 is 0 Å². The van der Waals surface area contributed by atoms with E-state index in [1.165, 1.54) is 0 Å². The van der Waals surface area contributed by atoms with Gasteiger partial charge in [-0.2, -0.15) is 0 Å². The Morgan fingerprint density at radius 2 is 1.38 bits per heavy atom. The van der Waals surface area contributed by atoms with Gasteiger partial charge >= 0.3 is 0 Å². The zero-order chi connectivity index (χ0) is 22.8. The minimum absolute atomic E-state index is 0.0200. The summed E-state index contributed by atoms with van der Waals surface area (Å²) in [6, 6.07) is 8.15. The molecular weight excluding hydrogens is 412 g/mol. The second-order valence-electron chi connectivity index (χ2n) is 7.92. The molecule has 2 aromatic carbocycles. The van der Waals surface area contributed by atoms with Crippen molar-refractivity contribution in [1.29, 1.82) is 0 Å². The van der Waals surface area contributed by atoms with Crippen LogP contribution in [-0.2, 0) is 6.54 Å². The molecule has 0 radical (unpaired) electrons. The number of nitrogens with zero attached hydrogens (tertiary/aromatic N) is 2. The monoisotopic (exact) mass is 438 g/mol. The van der Waals surface area contributed by atoms with E-state index in [1.54, 1.807) is 41.1 Å². The number of aliphatic hydroxyl groups is 2. The molecule has 0 saturated heterocycles. The van der Waals surface area contributed by atoms with Crippen molar-refractivity contribution in [3.05, 3.63) is 58.9 Å². The van der Waals surface area contributed by atoms with Crippen molar-refractivity contribution in [2.75, 3.05) is 32.8 Å². The van der Waals surface area contributed by atoms with Gasteiger partial charge in [0.05, 0.1) is 29.9 Å². The lowest BCUT2D eigenvalue weighted by Crippen LogP contribution is -2.31. The second-order valence-corrected chi connectivity index (χ2v) is 7.92. The predicted octanol–water partition coefficient (Wildman–Crippen LogP) is 1.89. The van der Waals surface area contributed by atoms with Gasteiger partial charge in [-0.25, -0.2) is 0 Å². The van der Waals surface area contributed by atoms with Gasteiger partial charge in [0.15, 0.2) is 5.78 Å². The maximum atomic E-state index is 13.4. The van der Waals surface area contributed by atoms with Gasteiger partial charge in [0.2, 0.25) is 5.78 Å². The summed E-state index contributed by atoms with van der Waals surface area (Å²) in [6.45, 7) is 2.20. The molecule has 1 aliphatic rings. The van der Waals surface area contributed by atoms with Crippen molar-refractivity contribution in [3.8, 4) is 11.5 Å². The number of hydrogen-bond donors (Lipinski definition) is 4. The van der Waals surface area contributed by atoms with Crippen molar-refractivity contribution in [3.63, 3.8) is 0 Å². The lowest BCUT2D eigenvalue weighted by atomic mass is 9.84. The molecule has 1 aromatic heterocycles. The van der Waals surface area contributed by atoms with E-state index in [4.69, 9.17) is 10.2 Å². The van der Waals surface area contributed by atoms with E-state index in [9.17, 15) is 19.8 Å². The molecule has 4 rings (SSSR count). The fourth-order valence-electron chi connectivity index (χ4n) is 4.43. The minimum Gasteiger partial charge on any atom is -0.506 e.